The predicted molar refractivity (Wildman–Crippen MR) is 104 cm³/mol. The van der Waals surface area contributed by atoms with Crippen LogP contribution in [0.2, 0.25) is 0 Å². The van der Waals surface area contributed by atoms with Crippen molar-refractivity contribution in [3.8, 4) is 11.1 Å². The maximum absolute atomic E-state index is 13.3. The molecule has 4 nitrogen and oxygen atoms in total. The molecule has 0 aliphatic rings. The first kappa shape index (κ1) is 20.2. The molecule has 0 amide bonds. The number of rotatable bonds is 6. The van der Waals surface area contributed by atoms with E-state index in [1.165, 1.54) is 19.1 Å². The summed E-state index contributed by atoms with van der Waals surface area (Å²) < 4.78 is 52.9. The third-order valence-electron chi connectivity index (χ3n) is 3.70. The van der Waals surface area contributed by atoms with Gasteiger partial charge < -0.3 is 0 Å². The molecule has 1 atom stereocenters. The second-order valence-electron chi connectivity index (χ2n) is 5.95. The van der Waals surface area contributed by atoms with Crippen LogP contribution in [0.5, 0.6) is 0 Å². The monoisotopic (exact) mass is 483 g/mol. The first-order chi connectivity index (χ1) is 11.5. The zero-order valence-electron chi connectivity index (χ0n) is 14.1. The van der Waals surface area contributed by atoms with Crippen molar-refractivity contribution < 1.29 is 22.3 Å². The maximum atomic E-state index is 13.3. The van der Waals surface area contributed by atoms with Crippen LogP contribution in [0.15, 0.2) is 42.5 Å². The molecule has 2 aromatic carbocycles. The van der Waals surface area contributed by atoms with Crippen LogP contribution in [0, 0.1) is 11.6 Å². The summed E-state index contributed by atoms with van der Waals surface area (Å²) in [5, 5.41) is 10.6. The van der Waals surface area contributed by atoms with Crippen molar-refractivity contribution in [3.63, 3.8) is 0 Å². The average Bonchev–Trinajstić information content (AvgIpc) is 2.52. The van der Waals surface area contributed by atoms with Crippen molar-refractivity contribution >= 4 is 25.6 Å². The van der Waals surface area contributed by atoms with Gasteiger partial charge in [0.25, 0.3) is 0 Å². The van der Waals surface area contributed by atoms with Gasteiger partial charge in [0.2, 0.25) is 0 Å². The third kappa shape index (κ3) is 5.19. The topological polar surface area (TPSA) is 66.4 Å². The number of hydrogen-bond donors (Lipinski definition) is 2. The quantitative estimate of drug-likeness (QED) is 0.376. The SMILES string of the molecule is CI(C)S(=O)(=O)NCC(C)(O)c1ccc(-c2cc(F)cc(F)c2)cc1. The van der Waals surface area contributed by atoms with Gasteiger partial charge in [0.05, 0.1) is 0 Å². The first-order valence-electron chi connectivity index (χ1n) is 7.31. The van der Waals surface area contributed by atoms with Gasteiger partial charge in [-0.1, -0.05) is 0 Å². The summed E-state index contributed by atoms with van der Waals surface area (Å²) >= 11 is -2.11. The van der Waals surface area contributed by atoms with E-state index < -0.39 is 42.9 Å². The molecule has 2 aromatic rings. The molecule has 0 heterocycles. The number of nitrogens with one attached hydrogen (secondary N) is 1. The van der Waals surface area contributed by atoms with Crippen LogP contribution >= 0.6 is 18.4 Å². The second-order valence-corrected chi connectivity index (χ2v) is 18.7. The third-order valence-corrected chi connectivity index (χ3v) is 12.9. The van der Waals surface area contributed by atoms with Gasteiger partial charge in [0, 0.05) is 0 Å². The van der Waals surface area contributed by atoms with E-state index >= 15 is 0 Å². The zero-order chi connectivity index (χ0) is 18.8. The predicted octanol–water partition coefficient (Wildman–Crippen LogP) is 3.44. The number of halogens is 3. The summed E-state index contributed by atoms with van der Waals surface area (Å²) in [6.45, 7) is 1.37. The van der Waals surface area contributed by atoms with E-state index in [0.29, 0.717) is 16.7 Å². The minimum absolute atomic E-state index is 0.140. The van der Waals surface area contributed by atoms with Gasteiger partial charge in [0.1, 0.15) is 0 Å². The molecule has 2 rings (SSSR count). The molecule has 1 unspecified atom stereocenters. The van der Waals surface area contributed by atoms with Gasteiger partial charge in [-0.05, 0) is 0 Å². The Morgan fingerprint density at radius 1 is 1.04 bits per heavy atom. The van der Waals surface area contributed by atoms with E-state index in [4.69, 9.17) is 0 Å². The van der Waals surface area contributed by atoms with E-state index in [-0.39, 0.29) is 6.54 Å². The molecular weight excluding hydrogens is 463 g/mol. The van der Waals surface area contributed by atoms with Crippen molar-refractivity contribution in [2.75, 3.05) is 16.4 Å². The molecule has 0 radical (unpaired) electrons. The Kier molecular flexibility index (Phi) is 6.18. The number of hydrogen-bond acceptors (Lipinski definition) is 3. The van der Waals surface area contributed by atoms with E-state index in [9.17, 15) is 22.3 Å². The van der Waals surface area contributed by atoms with E-state index in [1.54, 1.807) is 34.1 Å². The van der Waals surface area contributed by atoms with Gasteiger partial charge in [-0.25, -0.2) is 0 Å². The molecule has 0 bridgehead atoms. The molecule has 8 heteroatoms. The van der Waals surface area contributed by atoms with Crippen molar-refractivity contribution in [1.29, 1.82) is 0 Å². The number of benzene rings is 2. The first-order valence-corrected chi connectivity index (χ1v) is 15.7. The fraction of sp³-hybridized carbons (Fsp3) is 0.294. The van der Waals surface area contributed by atoms with Crippen LogP contribution in [0.1, 0.15) is 12.5 Å². The Balaban J connectivity index is 2.20. The molecule has 138 valence electrons. The minimum atomic E-state index is -3.34. The normalized spacial score (nSPS) is 14.9. The molecule has 0 saturated heterocycles. The Hall–Kier alpha value is -1.10. The molecule has 0 fully saturated rings. The average molecular weight is 483 g/mol. The molecule has 0 spiro atoms. The summed E-state index contributed by atoms with van der Waals surface area (Å²) in [6.07, 6.45) is 0. The molecular formula is C17H20F2INO3S. The summed E-state index contributed by atoms with van der Waals surface area (Å²) in [5.74, 6) is -1.34. The van der Waals surface area contributed by atoms with E-state index in [1.807, 2.05) is 0 Å². The van der Waals surface area contributed by atoms with Crippen molar-refractivity contribution in [3.05, 3.63) is 59.7 Å². The summed E-state index contributed by atoms with van der Waals surface area (Å²) in [4.78, 5) is 3.40. The van der Waals surface area contributed by atoms with Crippen molar-refractivity contribution in [1.82, 2.24) is 4.72 Å². The van der Waals surface area contributed by atoms with E-state index in [0.717, 1.165) is 6.07 Å². The summed E-state index contributed by atoms with van der Waals surface area (Å²) in [6, 6.07) is 9.72. The van der Waals surface area contributed by atoms with Crippen LogP contribution in [0.25, 0.3) is 11.1 Å². The van der Waals surface area contributed by atoms with Crippen LogP contribution in [0.4, 0.5) is 8.78 Å². The van der Waals surface area contributed by atoms with Gasteiger partial charge in [0.15, 0.2) is 0 Å². The Morgan fingerprint density at radius 2 is 1.56 bits per heavy atom. The summed E-state index contributed by atoms with van der Waals surface area (Å²) in [7, 11) is -3.34. The Morgan fingerprint density at radius 3 is 2.04 bits per heavy atom. The van der Waals surface area contributed by atoms with Crippen LogP contribution in [-0.4, -0.2) is 29.9 Å². The molecule has 0 aliphatic heterocycles. The van der Waals surface area contributed by atoms with Crippen LogP contribution in [-0.2, 0) is 12.8 Å². The molecule has 2 N–H and O–H groups in total. The van der Waals surface area contributed by atoms with Gasteiger partial charge >= 0.3 is 152 Å². The van der Waals surface area contributed by atoms with E-state index in [2.05, 4.69) is 4.72 Å². The second kappa shape index (κ2) is 7.65. The Bertz CT molecular complexity index is 832. The fourth-order valence-electron chi connectivity index (χ4n) is 2.18. The summed E-state index contributed by atoms with van der Waals surface area (Å²) in [5.41, 5.74) is 0.0821. The molecule has 25 heavy (non-hydrogen) atoms. The van der Waals surface area contributed by atoms with Crippen LogP contribution < -0.4 is 4.72 Å². The van der Waals surface area contributed by atoms with Crippen molar-refractivity contribution in [2.24, 2.45) is 0 Å². The molecule has 0 saturated carbocycles. The standard InChI is InChI=1S/C17H20F2INO3S/c1-17(22,11-21-25(23,24)20(2)3)14-6-4-12(5-7-14)13-8-15(18)10-16(19)9-13/h4-10,21-22H,11H2,1-3H3. The van der Waals surface area contributed by atoms with Crippen LogP contribution in [0.3, 0.4) is 0 Å². The van der Waals surface area contributed by atoms with Gasteiger partial charge in [-0.2, -0.15) is 0 Å². The van der Waals surface area contributed by atoms with Gasteiger partial charge in [-0.3, -0.25) is 0 Å². The van der Waals surface area contributed by atoms with Gasteiger partial charge in [-0.15, -0.1) is 0 Å². The zero-order valence-corrected chi connectivity index (χ0v) is 17.0. The number of alkyl halides is 2. The fourth-order valence-corrected chi connectivity index (χ4v) is 5.19. The van der Waals surface area contributed by atoms with Crippen molar-refractivity contribution in [2.45, 2.75) is 12.5 Å². The Labute approximate surface area is 152 Å². The molecule has 0 aromatic heterocycles. The molecule has 0 aliphatic carbocycles. The number of aliphatic hydroxyl groups is 1.